The molecule has 2 rings (SSSR count). The zero-order valence-corrected chi connectivity index (χ0v) is 11.9. The Balaban J connectivity index is 2.25. The van der Waals surface area contributed by atoms with Gasteiger partial charge in [-0.15, -0.1) is 0 Å². The average molecular weight is 291 g/mol. The molecule has 2 aromatic heterocycles. The lowest BCUT2D eigenvalue weighted by Crippen LogP contribution is -2.11. The van der Waals surface area contributed by atoms with Gasteiger partial charge in [-0.25, -0.2) is 4.98 Å². The zero-order chi connectivity index (χ0) is 15.2. The first kappa shape index (κ1) is 14.8. The zero-order valence-electron chi connectivity index (χ0n) is 11.9. The van der Waals surface area contributed by atoms with Gasteiger partial charge >= 0.3 is 5.69 Å². The minimum atomic E-state index is -0.483. The van der Waals surface area contributed by atoms with Crippen molar-refractivity contribution in [2.45, 2.75) is 26.8 Å². The summed E-state index contributed by atoms with van der Waals surface area (Å²) in [5.41, 5.74) is 0.194. The van der Waals surface area contributed by atoms with E-state index < -0.39 is 4.92 Å². The molecule has 0 aliphatic rings. The molecule has 0 amide bonds. The van der Waals surface area contributed by atoms with E-state index in [0.717, 1.165) is 6.42 Å². The predicted molar refractivity (Wildman–Crippen MR) is 78.2 cm³/mol. The van der Waals surface area contributed by atoms with Crippen molar-refractivity contribution in [1.82, 2.24) is 9.97 Å². The van der Waals surface area contributed by atoms with Crippen molar-refractivity contribution in [1.29, 1.82) is 0 Å². The Bertz CT molecular complexity index is 613. The molecule has 0 unspecified atom stereocenters. The molecule has 0 spiro atoms. The molecule has 0 fully saturated rings. The largest absolute Gasteiger partial charge is 0.467 e. The fourth-order valence-electron chi connectivity index (χ4n) is 1.81. The number of anilines is 2. The minimum Gasteiger partial charge on any atom is -0.467 e. The molecule has 0 aliphatic heterocycles. The van der Waals surface area contributed by atoms with E-state index in [9.17, 15) is 10.1 Å². The van der Waals surface area contributed by atoms with Gasteiger partial charge in [-0.1, -0.05) is 6.92 Å². The van der Waals surface area contributed by atoms with Gasteiger partial charge in [0, 0.05) is 6.54 Å². The number of nitrogens with one attached hydrogen (secondary N) is 2. The van der Waals surface area contributed by atoms with Crippen molar-refractivity contribution in [3.63, 3.8) is 0 Å². The summed E-state index contributed by atoms with van der Waals surface area (Å²) in [6.45, 7) is 4.63. The van der Waals surface area contributed by atoms with E-state index in [-0.39, 0.29) is 11.5 Å². The lowest BCUT2D eigenvalue weighted by molar-refractivity contribution is -0.385. The SMILES string of the molecule is CCCNc1nc(C)c([N+](=O)[O-])c(NCc2ccco2)n1. The molecule has 21 heavy (non-hydrogen) atoms. The summed E-state index contributed by atoms with van der Waals surface area (Å²) in [4.78, 5) is 19.0. The van der Waals surface area contributed by atoms with Crippen molar-refractivity contribution in [2.75, 3.05) is 17.2 Å². The summed E-state index contributed by atoms with van der Waals surface area (Å²) in [5.74, 6) is 1.23. The van der Waals surface area contributed by atoms with Gasteiger partial charge in [0.15, 0.2) is 0 Å². The van der Waals surface area contributed by atoms with E-state index >= 15 is 0 Å². The highest BCUT2D eigenvalue weighted by molar-refractivity contribution is 5.60. The van der Waals surface area contributed by atoms with Gasteiger partial charge < -0.3 is 15.1 Å². The second-order valence-corrected chi connectivity index (χ2v) is 4.45. The van der Waals surface area contributed by atoms with Crippen LogP contribution in [-0.4, -0.2) is 21.4 Å². The van der Waals surface area contributed by atoms with E-state index in [1.807, 2.05) is 6.92 Å². The van der Waals surface area contributed by atoms with Crippen LogP contribution in [0, 0.1) is 17.0 Å². The van der Waals surface area contributed by atoms with E-state index in [1.165, 1.54) is 0 Å². The van der Waals surface area contributed by atoms with Crippen LogP contribution in [0.2, 0.25) is 0 Å². The van der Waals surface area contributed by atoms with Crippen LogP contribution in [0.1, 0.15) is 24.8 Å². The molecule has 0 radical (unpaired) electrons. The monoisotopic (exact) mass is 291 g/mol. The maximum absolute atomic E-state index is 11.2. The number of nitro groups is 1. The molecule has 0 aromatic carbocycles. The van der Waals surface area contributed by atoms with Crippen molar-refractivity contribution in [3.8, 4) is 0 Å². The topological polar surface area (TPSA) is 106 Å². The van der Waals surface area contributed by atoms with Gasteiger partial charge in [-0.2, -0.15) is 4.98 Å². The molecule has 0 atom stereocenters. The number of hydrogen-bond donors (Lipinski definition) is 2. The first-order valence-corrected chi connectivity index (χ1v) is 6.65. The summed E-state index contributed by atoms with van der Waals surface area (Å²) in [6, 6.07) is 3.54. The second-order valence-electron chi connectivity index (χ2n) is 4.45. The molecule has 0 saturated carbocycles. The Morgan fingerprint density at radius 1 is 1.38 bits per heavy atom. The summed E-state index contributed by atoms with van der Waals surface area (Å²) >= 11 is 0. The van der Waals surface area contributed by atoms with Crippen LogP contribution in [0.15, 0.2) is 22.8 Å². The van der Waals surface area contributed by atoms with Crippen molar-refractivity contribution in [3.05, 3.63) is 40.0 Å². The number of nitrogens with zero attached hydrogens (tertiary/aromatic N) is 3. The van der Waals surface area contributed by atoms with Gasteiger partial charge in [0.1, 0.15) is 11.5 Å². The van der Waals surface area contributed by atoms with E-state index in [0.29, 0.717) is 30.5 Å². The van der Waals surface area contributed by atoms with Gasteiger partial charge in [-0.05, 0) is 25.5 Å². The normalized spacial score (nSPS) is 10.4. The maximum atomic E-state index is 11.2. The van der Waals surface area contributed by atoms with Crippen molar-refractivity contribution < 1.29 is 9.34 Å². The lowest BCUT2D eigenvalue weighted by atomic mass is 10.3. The molecule has 2 N–H and O–H groups in total. The second kappa shape index (κ2) is 6.69. The van der Waals surface area contributed by atoms with Gasteiger partial charge in [0.25, 0.3) is 0 Å². The van der Waals surface area contributed by atoms with Crippen LogP contribution in [0.4, 0.5) is 17.5 Å². The molecule has 2 heterocycles. The van der Waals surface area contributed by atoms with Crippen LogP contribution in [-0.2, 0) is 6.54 Å². The third-order valence-corrected chi connectivity index (χ3v) is 2.78. The maximum Gasteiger partial charge on any atom is 0.332 e. The van der Waals surface area contributed by atoms with Gasteiger partial charge in [-0.3, -0.25) is 10.1 Å². The Morgan fingerprint density at radius 3 is 2.81 bits per heavy atom. The Morgan fingerprint density at radius 2 is 2.19 bits per heavy atom. The highest BCUT2D eigenvalue weighted by Gasteiger charge is 2.22. The minimum absolute atomic E-state index is 0.122. The van der Waals surface area contributed by atoms with Crippen LogP contribution in [0.5, 0.6) is 0 Å². The molecule has 112 valence electrons. The quantitative estimate of drug-likeness (QED) is 0.596. The molecule has 2 aromatic rings. The predicted octanol–water partition coefficient (Wildman–Crippen LogP) is 2.72. The van der Waals surface area contributed by atoms with Crippen LogP contribution in [0.25, 0.3) is 0 Å². The third-order valence-electron chi connectivity index (χ3n) is 2.78. The Labute approximate surface area is 121 Å². The molecular formula is C13H17N5O3. The standard InChI is InChI=1S/C13H17N5O3/c1-3-6-14-13-16-9(2)11(18(19)20)12(17-13)15-8-10-5-4-7-21-10/h4-5,7H,3,6,8H2,1-2H3,(H2,14,15,16,17). The number of furan rings is 1. The summed E-state index contributed by atoms with van der Waals surface area (Å²) in [5, 5.41) is 17.1. The molecule has 0 saturated heterocycles. The fourth-order valence-corrected chi connectivity index (χ4v) is 1.81. The van der Waals surface area contributed by atoms with Gasteiger partial charge in [0.2, 0.25) is 11.8 Å². The number of aromatic nitrogens is 2. The number of aryl methyl sites for hydroxylation is 1. The van der Waals surface area contributed by atoms with E-state index in [4.69, 9.17) is 4.42 Å². The summed E-state index contributed by atoms with van der Waals surface area (Å²) in [6.07, 6.45) is 2.46. The molecule has 8 heteroatoms. The molecule has 8 nitrogen and oxygen atoms in total. The Hall–Kier alpha value is -2.64. The first-order valence-electron chi connectivity index (χ1n) is 6.65. The van der Waals surface area contributed by atoms with Crippen LogP contribution in [0.3, 0.4) is 0 Å². The van der Waals surface area contributed by atoms with Crippen molar-refractivity contribution >= 4 is 17.5 Å². The first-order chi connectivity index (χ1) is 10.1. The van der Waals surface area contributed by atoms with Gasteiger partial charge in [0.05, 0.1) is 17.7 Å². The average Bonchev–Trinajstić information content (AvgIpc) is 2.95. The highest BCUT2D eigenvalue weighted by atomic mass is 16.6. The fraction of sp³-hybridized carbons (Fsp3) is 0.385. The summed E-state index contributed by atoms with van der Waals surface area (Å²) < 4.78 is 5.19. The lowest BCUT2D eigenvalue weighted by Gasteiger charge is -2.09. The highest BCUT2D eigenvalue weighted by Crippen LogP contribution is 2.27. The molecular weight excluding hydrogens is 274 g/mol. The number of hydrogen-bond acceptors (Lipinski definition) is 7. The van der Waals surface area contributed by atoms with Crippen molar-refractivity contribution in [2.24, 2.45) is 0 Å². The third kappa shape index (κ3) is 3.68. The van der Waals surface area contributed by atoms with Crippen LogP contribution >= 0.6 is 0 Å². The van der Waals surface area contributed by atoms with E-state index in [2.05, 4.69) is 20.6 Å². The smallest absolute Gasteiger partial charge is 0.332 e. The van der Waals surface area contributed by atoms with E-state index in [1.54, 1.807) is 25.3 Å². The van der Waals surface area contributed by atoms with Crippen LogP contribution < -0.4 is 10.6 Å². The summed E-state index contributed by atoms with van der Waals surface area (Å²) in [7, 11) is 0. The Kier molecular flexibility index (Phi) is 4.70. The molecule has 0 bridgehead atoms. The number of rotatable bonds is 7. The molecule has 0 aliphatic carbocycles.